The average molecular weight is 314 g/mol. The Morgan fingerprint density at radius 1 is 1.48 bits per heavy atom. The lowest BCUT2D eigenvalue weighted by molar-refractivity contribution is -0.133. The third kappa shape index (κ3) is 3.33. The van der Waals surface area contributed by atoms with Gasteiger partial charge in [0, 0.05) is 56.1 Å². The Morgan fingerprint density at radius 3 is 3.09 bits per heavy atom. The van der Waals surface area contributed by atoms with Crippen molar-refractivity contribution in [3.8, 4) is 0 Å². The lowest BCUT2D eigenvalue weighted by Gasteiger charge is -2.39. The van der Waals surface area contributed by atoms with Crippen LogP contribution in [0.4, 0.5) is 5.69 Å². The minimum atomic E-state index is 0.291. The number of H-pyrrole nitrogens is 1. The number of hydrogen-bond acceptors (Lipinski definition) is 3. The predicted molar refractivity (Wildman–Crippen MR) is 93.6 cm³/mol. The Kier molecular flexibility index (Phi) is 4.55. The van der Waals surface area contributed by atoms with Gasteiger partial charge in [-0.05, 0) is 30.9 Å². The van der Waals surface area contributed by atoms with E-state index in [4.69, 9.17) is 0 Å². The van der Waals surface area contributed by atoms with E-state index in [2.05, 4.69) is 47.9 Å². The molecule has 0 radical (unpaired) electrons. The second kappa shape index (κ2) is 6.60. The summed E-state index contributed by atoms with van der Waals surface area (Å²) >= 11 is 0. The van der Waals surface area contributed by atoms with Gasteiger partial charge in [-0.2, -0.15) is 0 Å². The quantitative estimate of drug-likeness (QED) is 0.944. The topological polar surface area (TPSA) is 52.2 Å². The fourth-order valence-corrected chi connectivity index (χ4v) is 3.43. The highest BCUT2D eigenvalue weighted by Gasteiger charge is 2.27. The molecule has 2 aromatic rings. The van der Waals surface area contributed by atoms with Crippen LogP contribution in [0, 0.1) is 5.92 Å². The largest absolute Gasteiger partial charge is 0.369 e. The van der Waals surface area contributed by atoms with Crippen LogP contribution < -0.4 is 4.90 Å². The van der Waals surface area contributed by atoms with Gasteiger partial charge in [0.15, 0.2) is 0 Å². The maximum absolute atomic E-state index is 12.4. The van der Waals surface area contributed by atoms with E-state index in [1.807, 2.05) is 17.3 Å². The standard InChI is InChI=1S/C18H26N4O/c1-13(2)11-17(23)22-10-4-5-14(12-22)21(3)16-7-9-20-18-15(16)6-8-19-18/h6-9,13-14H,4-5,10-12H2,1-3H3,(H,19,20)/t14-/m1/s1. The first-order chi connectivity index (χ1) is 11.1. The van der Waals surface area contributed by atoms with Gasteiger partial charge in [0.05, 0.1) is 0 Å². The summed E-state index contributed by atoms with van der Waals surface area (Å²) in [5, 5.41) is 1.14. The molecule has 0 saturated carbocycles. The number of hydrogen-bond donors (Lipinski definition) is 1. The van der Waals surface area contributed by atoms with Gasteiger partial charge in [0.2, 0.25) is 5.91 Å². The van der Waals surface area contributed by atoms with Crippen molar-refractivity contribution < 1.29 is 4.79 Å². The van der Waals surface area contributed by atoms with Crippen molar-refractivity contribution in [2.45, 2.75) is 39.2 Å². The second-order valence-corrected chi connectivity index (χ2v) is 6.91. The molecule has 0 bridgehead atoms. The van der Waals surface area contributed by atoms with Gasteiger partial charge in [-0.15, -0.1) is 0 Å². The van der Waals surface area contributed by atoms with Crippen LogP contribution in [0.5, 0.6) is 0 Å². The van der Waals surface area contributed by atoms with Gasteiger partial charge in [-0.3, -0.25) is 4.79 Å². The SMILES string of the molecule is CC(C)CC(=O)N1CCC[C@@H](N(C)c2ccnc3[nH]ccc23)C1. The number of aromatic amines is 1. The molecule has 1 fully saturated rings. The lowest BCUT2D eigenvalue weighted by Crippen LogP contribution is -2.49. The zero-order chi connectivity index (χ0) is 16.4. The van der Waals surface area contributed by atoms with Crippen LogP contribution in [-0.2, 0) is 4.79 Å². The molecule has 3 rings (SSSR count). The highest BCUT2D eigenvalue weighted by molar-refractivity contribution is 5.89. The fourth-order valence-electron chi connectivity index (χ4n) is 3.43. The smallest absolute Gasteiger partial charge is 0.222 e. The number of carbonyl (C=O) groups is 1. The van der Waals surface area contributed by atoms with Crippen LogP contribution >= 0.6 is 0 Å². The first-order valence-electron chi connectivity index (χ1n) is 8.49. The number of carbonyl (C=O) groups excluding carboxylic acids is 1. The molecule has 0 aliphatic carbocycles. The van der Waals surface area contributed by atoms with Gasteiger partial charge in [-0.1, -0.05) is 13.8 Å². The maximum atomic E-state index is 12.4. The number of anilines is 1. The van der Waals surface area contributed by atoms with Crippen molar-refractivity contribution in [2.24, 2.45) is 5.92 Å². The second-order valence-electron chi connectivity index (χ2n) is 6.91. The molecule has 23 heavy (non-hydrogen) atoms. The van der Waals surface area contributed by atoms with Crippen molar-refractivity contribution in [1.82, 2.24) is 14.9 Å². The summed E-state index contributed by atoms with van der Waals surface area (Å²) in [6, 6.07) is 4.49. The molecule has 0 aromatic carbocycles. The van der Waals surface area contributed by atoms with Crippen molar-refractivity contribution in [1.29, 1.82) is 0 Å². The molecular formula is C18H26N4O. The van der Waals surface area contributed by atoms with Crippen LogP contribution in [-0.4, -0.2) is 47.0 Å². The Hall–Kier alpha value is -2.04. The number of nitrogens with zero attached hydrogens (tertiary/aromatic N) is 3. The van der Waals surface area contributed by atoms with Crippen LogP contribution in [0.3, 0.4) is 0 Å². The van der Waals surface area contributed by atoms with Crippen molar-refractivity contribution >= 4 is 22.6 Å². The number of likely N-dealkylation sites (tertiary alicyclic amines) is 1. The average Bonchev–Trinajstić information content (AvgIpc) is 3.02. The summed E-state index contributed by atoms with van der Waals surface area (Å²) in [5.41, 5.74) is 2.09. The summed E-state index contributed by atoms with van der Waals surface area (Å²) in [4.78, 5) is 24.3. The van der Waals surface area contributed by atoms with Crippen molar-refractivity contribution in [3.63, 3.8) is 0 Å². The number of piperidine rings is 1. The lowest BCUT2D eigenvalue weighted by atomic mass is 10.0. The number of rotatable bonds is 4. The Labute approximate surface area is 137 Å². The van der Waals surface area contributed by atoms with E-state index in [0.29, 0.717) is 24.3 Å². The zero-order valence-electron chi connectivity index (χ0n) is 14.2. The van der Waals surface area contributed by atoms with Gasteiger partial charge in [0.1, 0.15) is 5.65 Å². The van der Waals surface area contributed by atoms with Crippen LogP contribution in [0.1, 0.15) is 33.1 Å². The molecule has 1 atom stereocenters. The number of aromatic nitrogens is 2. The minimum absolute atomic E-state index is 0.291. The minimum Gasteiger partial charge on any atom is -0.369 e. The highest BCUT2D eigenvalue weighted by Crippen LogP contribution is 2.28. The first-order valence-corrected chi connectivity index (χ1v) is 8.49. The molecule has 1 saturated heterocycles. The third-order valence-electron chi connectivity index (χ3n) is 4.70. The third-order valence-corrected chi connectivity index (χ3v) is 4.70. The summed E-state index contributed by atoms with van der Waals surface area (Å²) in [6.45, 7) is 5.91. The number of likely N-dealkylation sites (N-methyl/N-ethyl adjacent to an activating group) is 1. The molecule has 1 amide bonds. The molecule has 0 unspecified atom stereocenters. The normalized spacial score (nSPS) is 18.6. The first kappa shape index (κ1) is 15.8. The molecule has 5 heteroatoms. The molecule has 1 aliphatic rings. The summed E-state index contributed by atoms with van der Waals surface area (Å²) in [7, 11) is 2.13. The highest BCUT2D eigenvalue weighted by atomic mass is 16.2. The summed E-state index contributed by atoms with van der Waals surface area (Å²) in [5.74, 6) is 0.708. The zero-order valence-corrected chi connectivity index (χ0v) is 14.2. The Bertz CT molecular complexity index is 678. The van der Waals surface area contributed by atoms with Crippen molar-refractivity contribution in [3.05, 3.63) is 24.5 Å². The number of fused-ring (bicyclic) bond motifs is 1. The maximum Gasteiger partial charge on any atom is 0.222 e. The summed E-state index contributed by atoms with van der Waals surface area (Å²) in [6.07, 6.45) is 6.60. The molecule has 5 nitrogen and oxygen atoms in total. The van der Waals surface area contributed by atoms with E-state index in [-0.39, 0.29) is 0 Å². The van der Waals surface area contributed by atoms with Gasteiger partial charge >= 0.3 is 0 Å². The van der Waals surface area contributed by atoms with E-state index in [9.17, 15) is 4.79 Å². The molecule has 2 aromatic heterocycles. The molecule has 3 heterocycles. The van der Waals surface area contributed by atoms with E-state index >= 15 is 0 Å². The molecule has 1 aliphatic heterocycles. The van der Waals surface area contributed by atoms with E-state index < -0.39 is 0 Å². The molecular weight excluding hydrogens is 288 g/mol. The van der Waals surface area contributed by atoms with Crippen LogP contribution in [0.2, 0.25) is 0 Å². The van der Waals surface area contributed by atoms with Gasteiger partial charge < -0.3 is 14.8 Å². The number of nitrogens with one attached hydrogen (secondary N) is 1. The molecule has 0 spiro atoms. The number of pyridine rings is 1. The Balaban J connectivity index is 1.75. The number of amides is 1. The van der Waals surface area contributed by atoms with Crippen LogP contribution in [0.15, 0.2) is 24.5 Å². The van der Waals surface area contributed by atoms with Gasteiger partial charge in [-0.25, -0.2) is 4.98 Å². The van der Waals surface area contributed by atoms with Crippen LogP contribution in [0.25, 0.3) is 11.0 Å². The van der Waals surface area contributed by atoms with E-state index in [1.54, 1.807) is 0 Å². The van der Waals surface area contributed by atoms with E-state index in [1.165, 1.54) is 5.69 Å². The Morgan fingerprint density at radius 2 is 2.30 bits per heavy atom. The van der Waals surface area contributed by atoms with Crippen molar-refractivity contribution in [2.75, 3.05) is 25.0 Å². The molecule has 1 N–H and O–H groups in total. The molecule has 124 valence electrons. The van der Waals surface area contributed by atoms with E-state index in [0.717, 1.165) is 37.0 Å². The summed E-state index contributed by atoms with van der Waals surface area (Å²) < 4.78 is 0. The predicted octanol–water partition coefficient (Wildman–Crippen LogP) is 3.04. The fraction of sp³-hybridized carbons (Fsp3) is 0.556. The monoisotopic (exact) mass is 314 g/mol. The van der Waals surface area contributed by atoms with Gasteiger partial charge in [0.25, 0.3) is 0 Å².